The Morgan fingerprint density at radius 3 is 2.50 bits per heavy atom. The second-order valence-corrected chi connectivity index (χ2v) is 5.30. The average molecular weight is 270 g/mol. The van der Waals surface area contributed by atoms with E-state index in [4.69, 9.17) is 16.3 Å². The van der Waals surface area contributed by atoms with E-state index in [1.165, 1.54) is 12.0 Å². The first-order valence-electron chi connectivity index (χ1n) is 6.65. The highest BCUT2D eigenvalue weighted by Crippen LogP contribution is 2.20. The van der Waals surface area contributed by atoms with Crippen molar-refractivity contribution in [3.05, 3.63) is 34.9 Å². The van der Waals surface area contributed by atoms with Gasteiger partial charge >= 0.3 is 0 Å². The predicted octanol–water partition coefficient (Wildman–Crippen LogP) is 4.05. The van der Waals surface area contributed by atoms with Gasteiger partial charge in [-0.05, 0) is 30.0 Å². The van der Waals surface area contributed by atoms with Gasteiger partial charge in [0.05, 0.1) is 0 Å². The van der Waals surface area contributed by atoms with Gasteiger partial charge in [-0.25, -0.2) is 0 Å². The molecule has 0 spiro atoms. The molecule has 2 nitrogen and oxygen atoms in total. The Balaban J connectivity index is 2.56. The Labute approximate surface area is 116 Å². The van der Waals surface area contributed by atoms with Gasteiger partial charge in [0.15, 0.2) is 0 Å². The standard InChI is InChI=1S/C15H24ClNO/c1-4-5-15(17-10-12(2)11-18-3)13-6-8-14(16)9-7-13/h6-9,12,15,17H,4-5,10-11H2,1-3H3. The molecule has 1 aromatic carbocycles. The minimum Gasteiger partial charge on any atom is -0.384 e. The van der Waals surface area contributed by atoms with Crippen molar-refractivity contribution in [2.45, 2.75) is 32.7 Å². The van der Waals surface area contributed by atoms with Crippen molar-refractivity contribution in [2.75, 3.05) is 20.3 Å². The maximum atomic E-state index is 5.93. The van der Waals surface area contributed by atoms with E-state index in [0.29, 0.717) is 12.0 Å². The number of nitrogens with one attached hydrogen (secondary N) is 1. The van der Waals surface area contributed by atoms with Gasteiger partial charge in [0.25, 0.3) is 0 Å². The van der Waals surface area contributed by atoms with Crippen LogP contribution in [0.3, 0.4) is 0 Å². The zero-order valence-electron chi connectivity index (χ0n) is 11.6. The van der Waals surface area contributed by atoms with E-state index in [0.717, 1.165) is 24.6 Å². The highest BCUT2D eigenvalue weighted by molar-refractivity contribution is 6.30. The number of hydrogen-bond acceptors (Lipinski definition) is 2. The molecule has 1 N–H and O–H groups in total. The van der Waals surface area contributed by atoms with Crippen molar-refractivity contribution in [3.8, 4) is 0 Å². The van der Waals surface area contributed by atoms with E-state index in [9.17, 15) is 0 Å². The molecule has 0 saturated carbocycles. The fourth-order valence-electron chi connectivity index (χ4n) is 2.06. The molecule has 102 valence electrons. The van der Waals surface area contributed by atoms with Gasteiger partial charge in [0.2, 0.25) is 0 Å². The van der Waals surface area contributed by atoms with Crippen molar-refractivity contribution in [2.24, 2.45) is 5.92 Å². The highest BCUT2D eigenvalue weighted by atomic mass is 35.5. The quantitative estimate of drug-likeness (QED) is 0.769. The highest BCUT2D eigenvalue weighted by Gasteiger charge is 2.11. The summed E-state index contributed by atoms with van der Waals surface area (Å²) in [5.41, 5.74) is 1.31. The third-order valence-electron chi connectivity index (χ3n) is 3.01. The molecule has 1 rings (SSSR count). The maximum Gasteiger partial charge on any atom is 0.0499 e. The van der Waals surface area contributed by atoms with E-state index in [1.807, 2.05) is 12.1 Å². The van der Waals surface area contributed by atoms with Crippen molar-refractivity contribution in [1.29, 1.82) is 0 Å². The monoisotopic (exact) mass is 269 g/mol. The third-order valence-corrected chi connectivity index (χ3v) is 3.27. The number of hydrogen-bond donors (Lipinski definition) is 1. The number of halogens is 1. The Morgan fingerprint density at radius 2 is 1.94 bits per heavy atom. The summed E-state index contributed by atoms with van der Waals surface area (Å²) >= 11 is 5.93. The molecule has 0 fully saturated rings. The van der Waals surface area contributed by atoms with Crippen LogP contribution in [0.4, 0.5) is 0 Å². The molecular formula is C15H24ClNO. The molecule has 0 saturated heterocycles. The second kappa shape index (κ2) is 8.52. The molecule has 1 aromatic rings. The Morgan fingerprint density at radius 1 is 1.28 bits per heavy atom. The van der Waals surface area contributed by atoms with Gasteiger partial charge < -0.3 is 10.1 Å². The van der Waals surface area contributed by atoms with Gasteiger partial charge in [0.1, 0.15) is 0 Å². The summed E-state index contributed by atoms with van der Waals surface area (Å²) in [4.78, 5) is 0. The summed E-state index contributed by atoms with van der Waals surface area (Å²) in [5, 5.41) is 4.41. The van der Waals surface area contributed by atoms with Crippen LogP contribution >= 0.6 is 11.6 Å². The fraction of sp³-hybridized carbons (Fsp3) is 0.600. The van der Waals surface area contributed by atoms with Crippen LogP contribution in [0.5, 0.6) is 0 Å². The summed E-state index contributed by atoms with van der Waals surface area (Å²) in [6, 6.07) is 8.54. The lowest BCUT2D eigenvalue weighted by atomic mass is 10.0. The smallest absolute Gasteiger partial charge is 0.0499 e. The van der Waals surface area contributed by atoms with Crippen LogP contribution in [0.2, 0.25) is 5.02 Å². The fourth-order valence-corrected chi connectivity index (χ4v) is 2.18. The number of rotatable bonds is 8. The zero-order chi connectivity index (χ0) is 13.4. The van der Waals surface area contributed by atoms with Crippen LogP contribution < -0.4 is 5.32 Å². The molecule has 0 amide bonds. The molecule has 0 aromatic heterocycles. The Bertz CT molecular complexity index is 326. The first-order valence-corrected chi connectivity index (χ1v) is 7.03. The van der Waals surface area contributed by atoms with E-state index < -0.39 is 0 Å². The van der Waals surface area contributed by atoms with Gasteiger partial charge in [-0.1, -0.05) is 44.0 Å². The van der Waals surface area contributed by atoms with Crippen molar-refractivity contribution in [3.63, 3.8) is 0 Å². The summed E-state index contributed by atoms with van der Waals surface area (Å²) in [6.07, 6.45) is 2.31. The van der Waals surface area contributed by atoms with Crippen molar-refractivity contribution in [1.82, 2.24) is 5.32 Å². The van der Waals surface area contributed by atoms with Crippen molar-refractivity contribution < 1.29 is 4.74 Å². The minimum absolute atomic E-state index is 0.409. The topological polar surface area (TPSA) is 21.3 Å². The van der Waals surface area contributed by atoms with Gasteiger partial charge in [-0.2, -0.15) is 0 Å². The van der Waals surface area contributed by atoms with Gasteiger partial charge in [-0.15, -0.1) is 0 Å². The Kier molecular flexibility index (Phi) is 7.33. The molecule has 0 aliphatic carbocycles. The second-order valence-electron chi connectivity index (χ2n) is 4.86. The maximum absolute atomic E-state index is 5.93. The lowest BCUT2D eigenvalue weighted by molar-refractivity contribution is 0.156. The zero-order valence-corrected chi connectivity index (χ0v) is 12.3. The van der Waals surface area contributed by atoms with Crippen LogP contribution in [-0.4, -0.2) is 20.3 Å². The van der Waals surface area contributed by atoms with E-state index in [1.54, 1.807) is 7.11 Å². The minimum atomic E-state index is 0.409. The number of benzene rings is 1. The van der Waals surface area contributed by atoms with Gasteiger partial charge in [-0.3, -0.25) is 0 Å². The van der Waals surface area contributed by atoms with Crippen LogP contribution in [-0.2, 0) is 4.74 Å². The normalized spacial score (nSPS) is 14.4. The first kappa shape index (κ1) is 15.5. The lowest BCUT2D eigenvalue weighted by Gasteiger charge is -2.21. The van der Waals surface area contributed by atoms with Crippen LogP contribution in [0.1, 0.15) is 38.3 Å². The molecule has 0 radical (unpaired) electrons. The van der Waals surface area contributed by atoms with Crippen LogP contribution in [0.15, 0.2) is 24.3 Å². The molecule has 18 heavy (non-hydrogen) atoms. The number of methoxy groups -OCH3 is 1. The number of ether oxygens (including phenoxy) is 1. The molecule has 2 atom stereocenters. The average Bonchev–Trinajstić information content (AvgIpc) is 2.36. The molecule has 0 aliphatic heterocycles. The van der Waals surface area contributed by atoms with Crippen molar-refractivity contribution >= 4 is 11.6 Å². The first-order chi connectivity index (χ1) is 8.67. The van der Waals surface area contributed by atoms with E-state index in [2.05, 4.69) is 31.3 Å². The van der Waals surface area contributed by atoms with Crippen LogP contribution in [0, 0.1) is 5.92 Å². The summed E-state index contributed by atoms with van der Waals surface area (Å²) in [5.74, 6) is 0.529. The third kappa shape index (κ3) is 5.38. The predicted molar refractivity (Wildman–Crippen MR) is 78.1 cm³/mol. The summed E-state index contributed by atoms with van der Waals surface area (Å²) < 4.78 is 5.16. The largest absolute Gasteiger partial charge is 0.384 e. The van der Waals surface area contributed by atoms with Crippen LogP contribution in [0.25, 0.3) is 0 Å². The summed E-state index contributed by atoms with van der Waals surface area (Å²) in [7, 11) is 1.75. The molecule has 3 heteroatoms. The SMILES string of the molecule is CCCC(NCC(C)COC)c1ccc(Cl)cc1. The molecule has 0 bridgehead atoms. The molecule has 0 heterocycles. The van der Waals surface area contributed by atoms with E-state index in [-0.39, 0.29) is 0 Å². The lowest BCUT2D eigenvalue weighted by Crippen LogP contribution is -2.28. The van der Waals surface area contributed by atoms with E-state index >= 15 is 0 Å². The Hall–Kier alpha value is -0.570. The van der Waals surface area contributed by atoms with Gasteiger partial charge in [0, 0.05) is 31.3 Å². The molecule has 2 unspecified atom stereocenters. The molecular weight excluding hydrogens is 246 g/mol. The summed E-state index contributed by atoms with van der Waals surface area (Å²) in [6.45, 7) is 6.18. The molecule has 0 aliphatic rings.